The van der Waals surface area contributed by atoms with Crippen molar-refractivity contribution < 1.29 is 9.53 Å². The predicted octanol–water partition coefficient (Wildman–Crippen LogP) is 3.19. The van der Waals surface area contributed by atoms with Crippen molar-refractivity contribution in [2.45, 2.75) is 26.3 Å². The van der Waals surface area contributed by atoms with E-state index in [1.54, 1.807) is 18.3 Å². The van der Waals surface area contributed by atoms with Gasteiger partial charge in [0.2, 0.25) is 0 Å². The Morgan fingerprint density at radius 2 is 2.04 bits per heavy atom. The number of morpholine rings is 1. The summed E-state index contributed by atoms with van der Waals surface area (Å²) in [7, 11) is 0. The summed E-state index contributed by atoms with van der Waals surface area (Å²) in [5.41, 5.74) is 2.69. The minimum atomic E-state index is -0.0775. The number of hydrogen-bond acceptors (Lipinski definition) is 5. The Hall–Kier alpha value is -2.60. The Bertz CT molecular complexity index is 744. The number of nitrogens with zero attached hydrogens (tertiary/aromatic N) is 2. The van der Waals surface area contributed by atoms with Gasteiger partial charge in [-0.3, -0.25) is 4.79 Å². The Labute approximate surface area is 154 Å². The van der Waals surface area contributed by atoms with Gasteiger partial charge in [-0.25, -0.2) is 4.98 Å². The molecule has 2 aromatic rings. The summed E-state index contributed by atoms with van der Waals surface area (Å²) >= 11 is 0. The van der Waals surface area contributed by atoms with Crippen LogP contribution in [0.2, 0.25) is 0 Å². The lowest BCUT2D eigenvalue weighted by molar-refractivity contribution is 0.0939. The lowest BCUT2D eigenvalue weighted by Gasteiger charge is -2.30. The highest BCUT2D eigenvalue weighted by molar-refractivity contribution is 5.95. The average molecular weight is 354 g/mol. The number of carbonyl (C=O) groups excluding carboxylic acids is 1. The minimum Gasteiger partial charge on any atom is -0.378 e. The van der Waals surface area contributed by atoms with Gasteiger partial charge in [-0.2, -0.15) is 0 Å². The average Bonchev–Trinajstić information content (AvgIpc) is 2.69. The van der Waals surface area contributed by atoms with Crippen molar-refractivity contribution in [1.82, 2.24) is 10.3 Å². The molecular weight excluding hydrogens is 328 g/mol. The normalized spacial score (nSPS) is 15.4. The van der Waals surface area contributed by atoms with E-state index in [-0.39, 0.29) is 11.9 Å². The molecule has 1 aliphatic rings. The van der Waals surface area contributed by atoms with Crippen LogP contribution in [0.25, 0.3) is 0 Å². The van der Waals surface area contributed by atoms with E-state index in [2.05, 4.69) is 26.6 Å². The van der Waals surface area contributed by atoms with Crippen LogP contribution >= 0.6 is 0 Å². The zero-order chi connectivity index (χ0) is 18.4. The third-order valence-electron chi connectivity index (χ3n) is 4.53. The third kappa shape index (κ3) is 4.52. The zero-order valence-electron chi connectivity index (χ0n) is 15.4. The molecule has 1 amide bonds. The van der Waals surface area contributed by atoms with Crippen molar-refractivity contribution in [3.63, 3.8) is 0 Å². The lowest BCUT2D eigenvalue weighted by atomic mass is 10.2. The van der Waals surface area contributed by atoms with Gasteiger partial charge in [0.15, 0.2) is 0 Å². The number of carbonyl (C=O) groups is 1. The molecule has 0 radical (unpaired) electrons. The number of benzene rings is 1. The molecule has 2 heterocycles. The summed E-state index contributed by atoms with van der Waals surface area (Å²) in [4.78, 5) is 19.0. The number of aromatic nitrogens is 1. The number of para-hydroxylation sites is 2. The van der Waals surface area contributed by atoms with E-state index in [1.165, 1.54) is 0 Å². The summed E-state index contributed by atoms with van der Waals surface area (Å²) in [6.07, 6.45) is 2.56. The highest BCUT2D eigenvalue weighted by atomic mass is 16.5. The van der Waals surface area contributed by atoms with Crippen LogP contribution in [0.4, 0.5) is 17.2 Å². The van der Waals surface area contributed by atoms with Gasteiger partial charge in [-0.15, -0.1) is 0 Å². The SMILES string of the molecule is CCC(C)NC(=O)c1ccnc(Nc2ccccc2N2CCOCC2)c1. The van der Waals surface area contributed by atoms with Crippen molar-refractivity contribution >= 4 is 23.1 Å². The monoisotopic (exact) mass is 354 g/mol. The first-order valence-electron chi connectivity index (χ1n) is 9.13. The van der Waals surface area contributed by atoms with Crippen molar-refractivity contribution in [3.8, 4) is 0 Å². The number of anilines is 3. The molecule has 1 fully saturated rings. The Morgan fingerprint density at radius 1 is 1.27 bits per heavy atom. The predicted molar refractivity (Wildman–Crippen MR) is 104 cm³/mol. The van der Waals surface area contributed by atoms with Crippen LogP contribution in [0, 0.1) is 0 Å². The molecule has 0 aliphatic carbocycles. The first-order valence-corrected chi connectivity index (χ1v) is 9.13. The zero-order valence-corrected chi connectivity index (χ0v) is 15.4. The summed E-state index contributed by atoms with van der Waals surface area (Å²) in [6.45, 7) is 7.24. The maximum Gasteiger partial charge on any atom is 0.251 e. The molecule has 3 rings (SSSR count). The van der Waals surface area contributed by atoms with E-state index in [9.17, 15) is 4.79 Å². The minimum absolute atomic E-state index is 0.0775. The second-order valence-electron chi connectivity index (χ2n) is 6.45. The molecule has 26 heavy (non-hydrogen) atoms. The number of rotatable bonds is 6. The molecule has 2 N–H and O–H groups in total. The van der Waals surface area contributed by atoms with E-state index in [0.29, 0.717) is 11.4 Å². The first kappa shape index (κ1) is 18.2. The maximum absolute atomic E-state index is 12.3. The molecule has 1 saturated heterocycles. The van der Waals surface area contributed by atoms with E-state index in [1.807, 2.05) is 32.0 Å². The fraction of sp³-hybridized carbons (Fsp3) is 0.400. The van der Waals surface area contributed by atoms with Crippen molar-refractivity contribution in [1.29, 1.82) is 0 Å². The molecule has 0 spiro atoms. The van der Waals surface area contributed by atoms with Gasteiger partial charge in [-0.05, 0) is 37.6 Å². The molecule has 0 bridgehead atoms. The number of amides is 1. The molecule has 6 nitrogen and oxygen atoms in total. The number of nitrogens with one attached hydrogen (secondary N) is 2. The smallest absolute Gasteiger partial charge is 0.251 e. The second-order valence-corrected chi connectivity index (χ2v) is 6.45. The molecular formula is C20H26N4O2. The molecule has 1 aromatic carbocycles. The van der Waals surface area contributed by atoms with E-state index in [4.69, 9.17) is 4.74 Å². The molecule has 6 heteroatoms. The Morgan fingerprint density at radius 3 is 2.81 bits per heavy atom. The first-order chi connectivity index (χ1) is 12.7. The number of ether oxygens (including phenoxy) is 1. The summed E-state index contributed by atoms with van der Waals surface area (Å²) in [5, 5.41) is 6.34. The Balaban J connectivity index is 1.77. The maximum atomic E-state index is 12.3. The fourth-order valence-electron chi connectivity index (χ4n) is 2.85. The van der Waals surface area contributed by atoms with Crippen LogP contribution in [0.5, 0.6) is 0 Å². The van der Waals surface area contributed by atoms with Gasteiger partial charge in [0.1, 0.15) is 5.82 Å². The van der Waals surface area contributed by atoms with Crippen LogP contribution in [0.3, 0.4) is 0 Å². The summed E-state index contributed by atoms with van der Waals surface area (Å²) in [6, 6.07) is 11.8. The van der Waals surface area contributed by atoms with Crippen LogP contribution in [0.1, 0.15) is 30.6 Å². The lowest BCUT2D eigenvalue weighted by Crippen LogP contribution is -2.36. The quantitative estimate of drug-likeness (QED) is 0.834. The number of pyridine rings is 1. The van der Waals surface area contributed by atoms with Crippen molar-refractivity contribution in [2.24, 2.45) is 0 Å². The van der Waals surface area contributed by atoms with Crippen LogP contribution in [0.15, 0.2) is 42.6 Å². The van der Waals surface area contributed by atoms with Gasteiger partial charge < -0.3 is 20.3 Å². The van der Waals surface area contributed by atoms with Crippen LogP contribution in [-0.2, 0) is 4.74 Å². The van der Waals surface area contributed by atoms with Crippen molar-refractivity contribution in [2.75, 3.05) is 36.5 Å². The van der Waals surface area contributed by atoms with Crippen LogP contribution in [-0.4, -0.2) is 43.2 Å². The van der Waals surface area contributed by atoms with Crippen LogP contribution < -0.4 is 15.5 Å². The van der Waals surface area contributed by atoms with Gasteiger partial charge in [0.05, 0.1) is 24.6 Å². The van der Waals surface area contributed by atoms with E-state index in [0.717, 1.165) is 44.1 Å². The number of hydrogen-bond donors (Lipinski definition) is 2. The largest absolute Gasteiger partial charge is 0.378 e. The summed E-state index contributed by atoms with van der Waals surface area (Å²) in [5.74, 6) is 0.578. The Kier molecular flexibility index (Phi) is 6.07. The molecule has 138 valence electrons. The highest BCUT2D eigenvalue weighted by Crippen LogP contribution is 2.28. The molecule has 0 saturated carbocycles. The van der Waals surface area contributed by atoms with Gasteiger partial charge in [-0.1, -0.05) is 19.1 Å². The standard InChI is InChI=1S/C20H26N4O2/c1-3-15(2)22-20(25)16-8-9-21-19(14-16)23-17-6-4-5-7-18(17)24-10-12-26-13-11-24/h4-9,14-15H,3,10-13H2,1-2H3,(H,21,23)(H,22,25). The van der Waals surface area contributed by atoms with E-state index < -0.39 is 0 Å². The van der Waals surface area contributed by atoms with E-state index >= 15 is 0 Å². The molecule has 1 aliphatic heterocycles. The van der Waals surface area contributed by atoms with Gasteiger partial charge >= 0.3 is 0 Å². The molecule has 1 atom stereocenters. The van der Waals surface area contributed by atoms with Crippen molar-refractivity contribution in [3.05, 3.63) is 48.2 Å². The molecule has 1 unspecified atom stereocenters. The topological polar surface area (TPSA) is 66.5 Å². The molecule has 1 aromatic heterocycles. The summed E-state index contributed by atoms with van der Waals surface area (Å²) < 4.78 is 5.44. The third-order valence-corrected chi connectivity index (χ3v) is 4.53. The highest BCUT2D eigenvalue weighted by Gasteiger charge is 2.15. The van der Waals surface area contributed by atoms with Gasteiger partial charge in [0, 0.05) is 30.9 Å². The second kappa shape index (κ2) is 8.67. The van der Waals surface area contributed by atoms with Gasteiger partial charge in [0.25, 0.3) is 5.91 Å². The fourth-order valence-corrected chi connectivity index (χ4v) is 2.85.